The molecule has 0 aliphatic carbocycles. The first-order valence-corrected chi connectivity index (χ1v) is 9.35. The number of benzene rings is 1. The van der Waals surface area contributed by atoms with Gasteiger partial charge in [-0.15, -0.1) is 11.3 Å². The highest BCUT2D eigenvalue weighted by Crippen LogP contribution is 2.22. The summed E-state index contributed by atoms with van der Waals surface area (Å²) in [4.78, 5) is 1.42. The second-order valence-electron chi connectivity index (χ2n) is 3.81. The van der Waals surface area contributed by atoms with Crippen LogP contribution in [0.25, 0.3) is 0 Å². The summed E-state index contributed by atoms with van der Waals surface area (Å²) in [5.74, 6) is 0. The lowest BCUT2D eigenvalue weighted by Gasteiger charge is -2.06. The molecule has 0 amide bonds. The molecule has 0 aliphatic heterocycles. The summed E-state index contributed by atoms with van der Waals surface area (Å²) in [6, 6.07) is 10.5. The van der Waals surface area contributed by atoms with E-state index in [4.69, 9.17) is 0 Å². The lowest BCUT2D eigenvalue weighted by molar-refractivity contribution is 0.582. The summed E-state index contributed by atoms with van der Waals surface area (Å²) >= 11 is 8.27. The van der Waals surface area contributed by atoms with E-state index in [-0.39, 0.29) is 4.90 Å². The molecule has 1 aromatic carbocycles. The predicted molar refractivity (Wildman–Crippen MR) is 85.1 cm³/mol. The zero-order valence-electron chi connectivity index (χ0n) is 9.77. The van der Waals surface area contributed by atoms with E-state index < -0.39 is 10.0 Å². The third-order valence-corrected chi connectivity index (χ3v) is 6.11. The largest absolute Gasteiger partial charge is 0.240 e. The molecule has 0 spiro atoms. The summed E-state index contributed by atoms with van der Waals surface area (Å²) in [6.45, 7) is 0.394. The van der Waals surface area contributed by atoms with Crippen LogP contribution in [-0.2, 0) is 16.4 Å². The Morgan fingerprint density at radius 3 is 2.32 bits per heavy atom. The van der Waals surface area contributed by atoms with Crippen molar-refractivity contribution in [3.8, 4) is 0 Å². The Kier molecular flexibility index (Phi) is 5.19. The summed E-state index contributed by atoms with van der Waals surface area (Å²) in [6.07, 6.45) is 0.687. The molecule has 2 aromatic rings. The molecule has 0 radical (unpaired) electrons. The van der Waals surface area contributed by atoms with Gasteiger partial charge in [-0.25, -0.2) is 13.1 Å². The fourth-order valence-electron chi connectivity index (χ4n) is 1.49. The van der Waals surface area contributed by atoms with Crippen molar-refractivity contribution in [2.75, 3.05) is 6.54 Å². The second kappa shape index (κ2) is 6.49. The molecular weight excluding hydrogens is 414 g/mol. The highest BCUT2D eigenvalue weighted by Gasteiger charge is 2.12. The lowest BCUT2D eigenvalue weighted by Crippen LogP contribution is -2.25. The van der Waals surface area contributed by atoms with Gasteiger partial charge in [0.1, 0.15) is 0 Å². The molecule has 19 heavy (non-hydrogen) atoms. The maximum Gasteiger partial charge on any atom is 0.240 e. The first kappa shape index (κ1) is 15.2. The maximum atomic E-state index is 12.0. The molecule has 7 heteroatoms. The van der Waals surface area contributed by atoms with Gasteiger partial charge in [-0.3, -0.25) is 0 Å². The second-order valence-corrected chi connectivity index (χ2v) is 9.04. The molecular formula is C12H11Br2NO2S2. The summed E-state index contributed by atoms with van der Waals surface area (Å²) in [5.41, 5.74) is 0. The van der Waals surface area contributed by atoms with Gasteiger partial charge < -0.3 is 0 Å². The fraction of sp³-hybridized carbons (Fsp3) is 0.167. The lowest BCUT2D eigenvalue weighted by atomic mass is 10.3. The van der Waals surface area contributed by atoms with Crippen molar-refractivity contribution >= 4 is 53.2 Å². The molecule has 2 rings (SSSR count). The van der Waals surface area contributed by atoms with Gasteiger partial charge >= 0.3 is 0 Å². The van der Waals surface area contributed by atoms with Crippen molar-refractivity contribution in [3.63, 3.8) is 0 Å². The Morgan fingerprint density at radius 1 is 1.05 bits per heavy atom. The monoisotopic (exact) mass is 423 g/mol. The minimum Gasteiger partial charge on any atom is -0.211 e. The van der Waals surface area contributed by atoms with E-state index in [9.17, 15) is 8.42 Å². The van der Waals surface area contributed by atoms with Crippen molar-refractivity contribution in [1.82, 2.24) is 4.72 Å². The highest BCUT2D eigenvalue weighted by molar-refractivity contribution is 9.11. The summed E-state index contributed by atoms with van der Waals surface area (Å²) in [7, 11) is -3.42. The fourth-order valence-corrected chi connectivity index (χ4v) is 4.27. The topological polar surface area (TPSA) is 46.2 Å². The third-order valence-electron chi connectivity index (χ3n) is 2.42. The Labute approximate surface area is 133 Å². The van der Waals surface area contributed by atoms with E-state index in [0.717, 1.165) is 13.1 Å². The molecule has 1 N–H and O–H groups in total. The molecule has 1 heterocycles. The molecule has 0 saturated carbocycles. The molecule has 0 bridgehead atoms. The molecule has 0 atom stereocenters. The van der Waals surface area contributed by atoms with Crippen LogP contribution in [0, 0.1) is 0 Å². The van der Waals surface area contributed by atoms with E-state index in [0.29, 0.717) is 13.0 Å². The van der Waals surface area contributed by atoms with Crippen LogP contribution >= 0.6 is 43.2 Å². The van der Waals surface area contributed by atoms with Crippen LogP contribution in [0.3, 0.4) is 0 Å². The van der Waals surface area contributed by atoms with Crippen molar-refractivity contribution in [3.05, 3.63) is 49.5 Å². The Hall–Kier alpha value is -0.210. The summed E-state index contributed by atoms with van der Waals surface area (Å²) < 4.78 is 28.5. The van der Waals surface area contributed by atoms with Crippen LogP contribution in [0.15, 0.2) is 49.6 Å². The normalized spacial score (nSPS) is 11.7. The molecule has 0 aliphatic rings. The van der Waals surface area contributed by atoms with E-state index in [1.807, 2.05) is 12.1 Å². The number of thiophene rings is 1. The molecule has 0 saturated heterocycles. The standard InChI is InChI=1S/C12H11Br2NO2S2/c13-9-1-4-11(5-2-9)19(16,17)15-8-7-10-3-6-12(14)18-10/h1-6,15H,7-8H2. The molecule has 0 fully saturated rings. The van der Waals surface area contributed by atoms with Gasteiger partial charge in [0.2, 0.25) is 10.0 Å². The Bertz CT molecular complexity index is 651. The zero-order chi connectivity index (χ0) is 13.9. The van der Waals surface area contributed by atoms with Crippen molar-refractivity contribution in [2.45, 2.75) is 11.3 Å². The minimum atomic E-state index is -3.42. The van der Waals surface area contributed by atoms with Gasteiger partial charge in [-0.05, 0) is 58.7 Å². The van der Waals surface area contributed by atoms with Gasteiger partial charge in [-0.2, -0.15) is 0 Å². The van der Waals surface area contributed by atoms with Gasteiger partial charge in [0.05, 0.1) is 8.68 Å². The van der Waals surface area contributed by atoms with Crippen LogP contribution in [-0.4, -0.2) is 15.0 Å². The summed E-state index contributed by atoms with van der Waals surface area (Å²) in [5, 5.41) is 0. The van der Waals surface area contributed by atoms with Gasteiger partial charge in [0.15, 0.2) is 0 Å². The third kappa shape index (κ3) is 4.39. The maximum absolute atomic E-state index is 12.0. The Balaban J connectivity index is 1.96. The van der Waals surface area contributed by atoms with Crippen LogP contribution in [0.1, 0.15) is 4.88 Å². The van der Waals surface area contributed by atoms with E-state index >= 15 is 0 Å². The van der Waals surface area contributed by atoms with Crippen LogP contribution in [0.4, 0.5) is 0 Å². The quantitative estimate of drug-likeness (QED) is 0.793. The molecule has 102 valence electrons. The van der Waals surface area contributed by atoms with Crippen LogP contribution in [0.2, 0.25) is 0 Å². The van der Waals surface area contributed by atoms with Crippen molar-refractivity contribution in [2.24, 2.45) is 0 Å². The average molecular weight is 425 g/mol. The van der Waals surface area contributed by atoms with E-state index in [1.54, 1.807) is 35.6 Å². The van der Waals surface area contributed by atoms with Crippen molar-refractivity contribution < 1.29 is 8.42 Å². The Morgan fingerprint density at radius 2 is 1.74 bits per heavy atom. The number of hydrogen-bond donors (Lipinski definition) is 1. The minimum absolute atomic E-state index is 0.281. The molecule has 0 unspecified atom stereocenters. The number of nitrogens with one attached hydrogen (secondary N) is 1. The SMILES string of the molecule is O=S(=O)(NCCc1ccc(Br)s1)c1ccc(Br)cc1. The van der Waals surface area contributed by atoms with Gasteiger partial charge in [0.25, 0.3) is 0 Å². The van der Waals surface area contributed by atoms with E-state index in [2.05, 4.69) is 36.6 Å². The predicted octanol–water partition coefficient (Wildman–Crippen LogP) is 3.79. The number of rotatable bonds is 5. The highest BCUT2D eigenvalue weighted by atomic mass is 79.9. The molecule has 3 nitrogen and oxygen atoms in total. The van der Waals surface area contributed by atoms with E-state index in [1.165, 1.54) is 0 Å². The zero-order valence-corrected chi connectivity index (χ0v) is 14.6. The van der Waals surface area contributed by atoms with Crippen LogP contribution in [0.5, 0.6) is 0 Å². The van der Waals surface area contributed by atoms with Crippen LogP contribution < -0.4 is 4.72 Å². The number of halogens is 2. The first-order chi connectivity index (χ1) is 8.97. The molecule has 1 aromatic heterocycles. The average Bonchev–Trinajstić information content (AvgIpc) is 2.75. The smallest absolute Gasteiger partial charge is 0.211 e. The van der Waals surface area contributed by atoms with Gasteiger partial charge in [0, 0.05) is 15.9 Å². The van der Waals surface area contributed by atoms with Gasteiger partial charge in [-0.1, -0.05) is 15.9 Å². The number of hydrogen-bond acceptors (Lipinski definition) is 3. The van der Waals surface area contributed by atoms with Crippen molar-refractivity contribution in [1.29, 1.82) is 0 Å². The number of sulfonamides is 1. The first-order valence-electron chi connectivity index (χ1n) is 5.47.